The van der Waals surface area contributed by atoms with Crippen LogP contribution in [0.1, 0.15) is 125 Å². The Morgan fingerprint density at radius 2 is 1.25 bits per heavy atom. The Hall–Kier alpha value is -4.75. The molecule has 1 aromatic carbocycles. The van der Waals surface area contributed by atoms with Crippen LogP contribution in [0.4, 0.5) is 0 Å². The summed E-state index contributed by atoms with van der Waals surface area (Å²) in [5.41, 5.74) is 17.4. The fourth-order valence-electron chi connectivity index (χ4n) is 7.78. The SMILES string of the molecule is CCOCCCC(=O)[C@H](CSC(C)(C)C)NC(=O)[C@@H](CC(=O)[C@H](CS)NC(=O)[C@H](CC(=O)O)CC(=O)CNC(=O)[C@H](CCCN=C(N)N)CC(=O)[C@H](CSC(C)(C)C)NC(=O)[C@H](CCCCN)NC(=O)CCl)Cc1ccccc1. The lowest BCUT2D eigenvalue weighted by Gasteiger charge is -2.26. The van der Waals surface area contributed by atoms with Crippen molar-refractivity contribution in [3.63, 3.8) is 0 Å². The minimum atomic E-state index is -1.51. The smallest absolute Gasteiger partial charge is 0.304 e. The average Bonchev–Trinajstić information content (AvgIpc) is 3.37. The van der Waals surface area contributed by atoms with E-state index < -0.39 is 126 Å². The molecule has 79 heavy (non-hydrogen) atoms. The van der Waals surface area contributed by atoms with Gasteiger partial charge in [-0.05, 0) is 64.0 Å². The summed E-state index contributed by atoms with van der Waals surface area (Å²) < 4.78 is 4.83. The maximum absolute atomic E-state index is 14.1. The molecule has 0 aromatic heterocycles. The topological polar surface area (TPSA) is 351 Å². The first-order valence-corrected chi connectivity index (χ1v) is 29.9. The van der Waals surface area contributed by atoms with Gasteiger partial charge in [-0.1, -0.05) is 71.9 Å². The second kappa shape index (κ2) is 38.8. The van der Waals surface area contributed by atoms with Gasteiger partial charge in [0, 0.05) is 84.0 Å². The number of ketones is 4. The van der Waals surface area contributed by atoms with E-state index >= 15 is 0 Å². The van der Waals surface area contributed by atoms with Gasteiger partial charge in [-0.15, -0.1) is 11.6 Å². The molecule has 0 heterocycles. The number of rotatable bonds is 42. The highest BCUT2D eigenvalue weighted by molar-refractivity contribution is 8.00. The Morgan fingerprint density at radius 3 is 1.81 bits per heavy atom. The molecule has 1 aromatic rings. The molecule has 0 aliphatic heterocycles. The van der Waals surface area contributed by atoms with Crippen molar-refractivity contribution in [3.05, 3.63) is 35.9 Å². The molecule has 0 bridgehead atoms. The zero-order valence-corrected chi connectivity index (χ0v) is 50.3. The van der Waals surface area contributed by atoms with Crippen molar-refractivity contribution in [1.29, 1.82) is 0 Å². The number of unbranched alkanes of at least 4 members (excludes halogenated alkanes) is 1. The zero-order valence-electron chi connectivity index (χ0n) is 47.0. The number of aliphatic imine (C=N–C) groups is 1. The molecule has 446 valence electrons. The number of halogens is 1. The number of guanidine groups is 1. The normalized spacial score (nSPS) is 14.2. The van der Waals surface area contributed by atoms with E-state index in [9.17, 15) is 53.1 Å². The summed E-state index contributed by atoms with van der Waals surface area (Å²) >= 11 is 12.9. The Morgan fingerprint density at radius 1 is 0.684 bits per heavy atom. The summed E-state index contributed by atoms with van der Waals surface area (Å²) in [6.45, 7) is 14.3. The van der Waals surface area contributed by atoms with E-state index in [2.05, 4.69) is 44.2 Å². The van der Waals surface area contributed by atoms with Gasteiger partial charge in [0.1, 0.15) is 11.9 Å². The standard InChI is InChI=1S/C54H88ClN9O12S3/c1-8-76-23-15-20-43(66)41(32-78-53(2,3)4)63-49(73)36(24-34-16-10-9-11-17-34)27-44(67)40(31-77)62-50(74)37(28-47(70)71)25-38(65)30-60-48(72)35(18-14-22-59-52(57)58)26-45(68)42(33-79-54(5,6)7)64-51(75)39(19-12-13-21-56)61-46(69)29-55/h9-11,16-17,35-37,39-42,77H,8,12-15,18-33,56H2,1-7H3,(H,60,72)(H,61,69)(H,62,74)(H,63,73)(H,64,75)(H,70,71)(H4,57,58,59)/t35-,36-,37+,39+,40+,41+,42+/m1/s1. The second-order valence-electron chi connectivity index (χ2n) is 21.1. The highest BCUT2D eigenvalue weighted by atomic mass is 35.5. The van der Waals surface area contributed by atoms with Crippen LogP contribution in [0, 0.1) is 17.8 Å². The number of ether oxygens (including phenoxy) is 1. The molecule has 5 amide bonds. The van der Waals surface area contributed by atoms with E-state index in [1.165, 1.54) is 23.5 Å². The lowest BCUT2D eigenvalue weighted by atomic mass is 9.90. The van der Waals surface area contributed by atoms with Crippen molar-refractivity contribution in [3.8, 4) is 0 Å². The minimum absolute atomic E-state index is 0.0596. The summed E-state index contributed by atoms with van der Waals surface area (Å²) in [5, 5.41) is 23.1. The van der Waals surface area contributed by atoms with Gasteiger partial charge >= 0.3 is 5.97 Å². The number of nitrogens with two attached hydrogens (primary N) is 3. The number of nitrogens with zero attached hydrogens (tertiary/aromatic N) is 1. The van der Waals surface area contributed by atoms with Crippen molar-refractivity contribution in [2.75, 3.05) is 56.0 Å². The van der Waals surface area contributed by atoms with E-state index in [4.69, 9.17) is 33.5 Å². The van der Waals surface area contributed by atoms with Crippen molar-refractivity contribution in [2.45, 2.75) is 159 Å². The number of nitrogens with one attached hydrogen (secondary N) is 5. The number of benzene rings is 1. The summed E-state index contributed by atoms with van der Waals surface area (Å²) in [7, 11) is 0. The molecule has 0 radical (unpaired) electrons. The van der Waals surface area contributed by atoms with Crippen molar-refractivity contribution in [1.82, 2.24) is 26.6 Å². The molecule has 0 saturated heterocycles. The third kappa shape index (κ3) is 32.9. The molecule has 0 spiro atoms. The third-order valence-corrected chi connectivity index (χ3v) is 15.3. The number of thioether (sulfide) groups is 2. The largest absolute Gasteiger partial charge is 0.481 e. The van der Waals surface area contributed by atoms with Crippen LogP contribution >= 0.6 is 47.8 Å². The van der Waals surface area contributed by atoms with E-state index in [0.29, 0.717) is 39.0 Å². The van der Waals surface area contributed by atoms with Crippen LogP contribution in [0.3, 0.4) is 0 Å². The number of aliphatic carboxylic acids is 1. The van der Waals surface area contributed by atoms with Gasteiger partial charge in [0.25, 0.3) is 0 Å². The zero-order chi connectivity index (χ0) is 59.7. The first-order chi connectivity index (χ1) is 37.1. The van der Waals surface area contributed by atoms with Crippen LogP contribution in [-0.4, -0.2) is 159 Å². The fourth-order valence-corrected chi connectivity index (χ4v) is 10.0. The van der Waals surface area contributed by atoms with Gasteiger partial charge < -0.3 is 53.6 Å². The van der Waals surface area contributed by atoms with E-state index in [0.717, 1.165) is 5.56 Å². The van der Waals surface area contributed by atoms with Crippen LogP contribution in [0.25, 0.3) is 0 Å². The molecule has 25 heteroatoms. The Labute approximate surface area is 485 Å². The van der Waals surface area contributed by atoms with Gasteiger partial charge in [0.2, 0.25) is 29.5 Å². The summed E-state index contributed by atoms with van der Waals surface area (Å²) in [6, 6.07) is 4.64. The van der Waals surface area contributed by atoms with Gasteiger partial charge in [-0.25, -0.2) is 0 Å². The van der Waals surface area contributed by atoms with E-state index in [1.807, 2.05) is 48.5 Å². The first-order valence-electron chi connectivity index (χ1n) is 26.7. The molecule has 1 rings (SSSR count). The number of hydrogen-bond acceptors (Lipinski definition) is 16. The molecule has 7 atom stereocenters. The highest BCUT2D eigenvalue weighted by Crippen LogP contribution is 2.27. The number of Topliss-reactive ketones (excluding diaryl/α,β-unsaturated/α-hetero) is 4. The second-order valence-corrected chi connectivity index (χ2v) is 25.5. The van der Waals surface area contributed by atoms with Crippen molar-refractivity contribution >= 4 is 112 Å². The molecule has 0 fully saturated rings. The van der Waals surface area contributed by atoms with Gasteiger partial charge in [0.15, 0.2) is 29.1 Å². The summed E-state index contributed by atoms with van der Waals surface area (Å²) in [5.74, 6) is -10.9. The molecule has 0 unspecified atom stereocenters. The molecule has 21 nitrogen and oxygen atoms in total. The summed E-state index contributed by atoms with van der Waals surface area (Å²) in [4.78, 5) is 139. The van der Waals surface area contributed by atoms with Crippen LogP contribution in [0.2, 0.25) is 0 Å². The Kier molecular flexibility index (Phi) is 35.5. The van der Waals surface area contributed by atoms with E-state index in [1.54, 1.807) is 30.3 Å². The number of alkyl halides is 1. The number of hydrogen-bond donors (Lipinski definition) is 10. The maximum atomic E-state index is 14.1. The maximum Gasteiger partial charge on any atom is 0.304 e. The predicted molar refractivity (Wildman–Crippen MR) is 315 cm³/mol. The Balaban J connectivity index is 3.36. The Bertz CT molecular complexity index is 2160. The number of carbonyl (C=O) groups excluding carboxylic acids is 9. The predicted octanol–water partition coefficient (Wildman–Crippen LogP) is 3.29. The average molecular weight is 1190 g/mol. The molecule has 0 aliphatic rings. The van der Waals surface area contributed by atoms with Crippen LogP contribution in [0.5, 0.6) is 0 Å². The summed E-state index contributed by atoms with van der Waals surface area (Å²) in [6.07, 6.45) is 0.0426. The van der Waals surface area contributed by atoms with E-state index in [-0.39, 0.29) is 83.6 Å². The van der Waals surface area contributed by atoms with Crippen LogP contribution in [-0.2, 0) is 59.1 Å². The van der Waals surface area contributed by atoms with Crippen LogP contribution in [0.15, 0.2) is 35.3 Å². The number of carbonyl (C=O) groups is 10. The highest BCUT2D eigenvalue weighted by Gasteiger charge is 2.35. The molecular formula is C54H88ClN9O12S3. The number of carboxylic acids is 1. The quantitative estimate of drug-likeness (QED) is 0.0148. The molecule has 0 saturated carbocycles. The molecular weight excluding hydrogens is 1100 g/mol. The minimum Gasteiger partial charge on any atom is -0.481 e. The van der Waals surface area contributed by atoms with Gasteiger partial charge in [-0.2, -0.15) is 36.2 Å². The van der Waals surface area contributed by atoms with Gasteiger partial charge in [-0.3, -0.25) is 52.9 Å². The molecule has 12 N–H and O–H groups in total. The lowest BCUT2D eigenvalue weighted by Crippen LogP contribution is -2.53. The number of thiol groups is 1. The number of amides is 5. The fraction of sp³-hybridized carbons (Fsp3) is 0.685. The van der Waals surface area contributed by atoms with Crippen LogP contribution < -0.4 is 43.8 Å². The lowest BCUT2D eigenvalue weighted by molar-refractivity contribution is -0.142. The van der Waals surface area contributed by atoms with Crippen molar-refractivity contribution < 1.29 is 57.8 Å². The number of carboxylic acid groups (broad SMARTS) is 1. The first kappa shape index (κ1) is 72.3. The monoisotopic (exact) mass is 1190 g/mol. The van der Waals surface area contributed by atoms with Crippen molar-refractivity contribution in [2.24, 2.45) is 39.9 Å². The third-order valence-electron chi connectivity index (χ3n) is 12.0. The van der Waals surface area contributed by atoms with Gasteiger partial charge in [0.05, 0.1) is 37.0 Å². The molecule has 0 aliphatic carbocycles.